The van der Waals surface area contributed by atoms with Crippen LogP contribution in [-0.4, -0.2) is 66.2 Å². The van der Waals surface area contributed by atoms with Crippen LogP contribution in [0.1, 0.15) is 33.6 Å². The van der Waals surface area contributed by atoms with Crippen molar-refractivity contribution in [2.24, 2.45) is 0 Å². The highest BCUT2D eigenvalue weighted by Gasteiger charge is 2.27. The average Bonchev–Trinajstić information content (AvgIpc) is 2.73. The van der Waals surface area contributed by atoms with Gasteiger partial charge in [-0.2, -0.15) is 0 Å². The van der Waals surface area contributed by atoms with Gasteiger partial charge in [0.1, 0.15) is 0 Å². The first-order valence-electron chi connectivity index (χ1n) is 7.44. The first kappa shape index (κ1) is 15.1. The molecule has 114 valence electrons. The van der Waals surface area contributed by atoms with E-state index in [1.165, 1.54) is 0 Å². The third-order valence-corrected chi connectivity index (χ3v) is 3.74. The van der Waals surface area contributed by atoms with E-state index in [0.29, 0.717) is 26.1 Å². The molecule has 0 radical (unpaired) electrons. The molecule has 2 fully saturated rings. The number of morpholine rings is 1. The van der Waals surface area contributed by atoms with Gasteiger partial charge in [-0.25, -0.2) is 4.79 Å². The summed E-state index contributed by atoms with van der Waals surface area (Å²) >= 11 is 0. The number of ether oxygens (including phenoxy) is 1. The number of hydrogen-bond acceptors (Lipinski definition) is 3. The van der Waals surface area contributed by atoms with Crippen molar-refractivity contribution in [1.82, 2.24) is 15.1 Å². The summed E-state index contributed by atoms with van der Waals surface area (Å²) in [5.74, 6) is 0.194. The maximum Gasteiger partial charge on any atom is 0.317 e. The molecule has 0 aliphatic carbocycles. The summed E-state index contributed by atoms with van der Waals surface area (Å²) in [6, 6.07) is -0.0934. The minimum Gasteiger partial charge on any atom is -0.372 e. The fourth-order valence-electron chi connectivity index (χ4n) is 2.92. The highest BCUT2D eigenvalue weighted by atomic mass is 16.5. The normalized spacial score (nSPS) is 28.6. The van der Waals surface area contributed by atoms with Crippen molar-refractivity contribution in [3.05, 3.63) is 0 Å². The predicted octanol–water partition coefficient (Wildman–Crippen LogP) is 0.816. The molecule has 0 bridgehead atoms. The van der Waals surface area contributed by atoms with Crippen LogP contribution in [0.25, 0.3) is 0 Å². The molecule has 6 nitrogen and oxygen atoms in total. The number of carbonyl (C=O) groups excluding carboxylic acids is 2. The Bertz CT molecular complexity index is 365. The van der Waals surface area contributed by atoms with E-state index >= 15 is 0 Å². The van der Waals surface area contributed by atoms with Gasteiger partial charge in [-0.1, -0.05) is 0 Å². The van der Waals surface area contributed by atoms with Gasteiger partial charge in [0.15, 0.2) is 0 Å². The second-order valence-corrected chi connectivity index (χ2v) is 5.96. The van der Waals surface area contributed by atoms with E-state index < -0.39 is 0 Å². The van der Waals surface area contributed by atoms with Crippen LogP contribution in [0.15, 0.2) is 0 Å². The SMILES string of the molecule is CC(CN1CCCC1=O)NC(=O)N1CC(C)OC(C)C1. The van der Waals surface area contributed by atoms with Crippen molar-refractivity contribution in [3.63, 3.8) is 0 Å². The minimum atomic E-state index is -0.0638. The maximum absolute atomic E-state index is 12.2. The van der Waals surface area contributed by atoms with Crippen LogP contribution in [0.2, 0.25) is 0 Å². The van der Waals surface area contributed by atoms with Crippen LogP contribution >= 0.6 is 0 Å². The van der Waals surface area contributed by atoms with Gasteiger partial charge in [-0.05, 0) is 27.2 Å². The van der Waals surface area contributed by atoms with E-state index in [0.717, 1.165) is 13.0 Å². The number of nitrogens with zero attached hydrogens (tertiary/aromatic N) is 2. The minimum absolute atomic E-state index is 0.0296. The zero-order valence-electron chi connectivity index (χ0n) is 12.6. The van der Waals surface area contributed by atoms with E-state index in [9.17, 15) is 9.59 Å². The summed E-state index contributed by atoms with van der Waals surface area (Å²) in [6.45, 7) is 8.53. The number of hydrogen-bond donors (Lipinski definition) is 1. The van der Waals surface area contributed by atoms with Crippen molar-refractivity contribution >= 4 is 11.9 Å². The molecule has 20 heavy (non-hydrogen) atoms. The van der Waals surface area contributed by atoms with Gasteiger partial charge in [-0.15, -0.1) is 0 Å². The molecule has 3 atom stereocenters. The van der Waals surface area contributed by atoms with Gasteiger partial charge < -0.3 is 19.9 Å². The predicted molar refractivity (Wildman–Crippen MR) is 75.4 cm³/mol. The lowest BCUT2D eigenvalue weighted by Crippen LogP contribution is -2.54. The highest BCUT2D eigenvalue weighted by molar-refractivity contribution is 5.78. The van der Waals surface area contributed by atoms with E-state index in [2.05, 4.69) is 5.32 Å². The van der Waals surface area contributed by atoms with E-state index in [1.54, 1.807) is 4.90 Å². The molecule has 2 saturated heterocycles. The zero-order chi connectivity index (χ0) is 14.7. The standard InChI is InChI=1S/C14H25N3O3/c1-10(7-16-6-4-5-13(16)18)15-14(19)17-8-11(2)20-12(3)9-17/h10-12H,4-9H2,1-3H3,(H,15,19). The Balaban J connectivity index is 1.79. The fourth-order valence-corrected chi connectivity index (χ4v) is 2.92. The number of amides is 3. The Morgan fingerprint density at radius 3 is 2.60 bits per heavy atom. The van der Waals surface area contributed by atoms with E-state index in [1.807, 2.05) is 25.7 Å². The summed E-state index contributed by atoms with van der Waals surface area (Å²) in [4.78, 5) is 27.4. The molecular weight excluding hydrogens is 258 g/mol. The molecule has 2 aliphatic rings. The van der Waals surface area contributed by atoms with Crippen LogP contribution in [0.4, 0.5) is 4.79 Å². The molecule has 2 heterocycles. The second-order valence-electron chi connectivity index (χ2n) is 5.96. The van der Waals surface area contributed by atoms with Crippen molar-refractivity contribution < 1.29 is 14.3 Å². The molecule has 6 heteroatoms. The van der Waals surface area contributed by atoms with Crippen molar-refractivity contribution in [2.45, 2.75) is 51.9 Å². The Kier molecular flexibility index (Phi) is 4.86. The molecule has 0 aromatic carbocycles. The van der Waals surface area contributed by atoms with Crippen molar-refractivity contribution in [2.75, 3.05) is 26.2 Å². The van der Waals surface area contributed by atoms with Crippen LogP contribution in [0.5, 0.6) is 0 Å². The van der Waals surface area contributed by atoms with Gasteiger partial charge in [0.2, 0.25) is 5.91 Å². The first-order chi connectivity index (χ1) is 9.45. The number of likely N-dealkylation sites (tertiary alicyclic amines) is 1. The maximum atomic E-state index is 12.2. The number of carbonyl (C=O) groups is 2. The monoisotopic (exact) mass is 283 g/mol. The van der Waals surface area contributed by atoms with Gasteiger partial charge in [0.25, 0.3) is 0 Å². The molecule has 2 rings (SSSR count). The number of rotatable bonds is 3. The van der Waals surface area contributed by atoms with Gasteiger partial charge >= 0.3 is 6.03 Å². The van der Waals surface area contributed by atoms with Crippen LogP contribution < -0.4 is 5.32 Å². The van der Waals surface area contributed by atoms with Gasteiger partial charge in [0, 0.05) is 38.6 Å². The van der Waals surface area contributed by atoms with Crippen molar-refractivity contribution in [1.29, 1.82) is 0 Å². The van der Waals surface area contributed by atoms with Gasteiger partial charge in [-0.3, -0.25) is 4.79 Å². The summed E-state index contributed by atoms with van der Waals surface area (Å²) in [5.41, 5.74) is 0. The second kappa shape index (κ2) is 6.43. The molecule has 0 spiro atoms. The van der Waals surface area contributed by atoms with E-state index in [-0.39, 0.29) is 30.2 Å². The first-order valence-corrected chi connectivity index (χ1v) is 7.44. The molecule has 1 N–H and O–H groups in total. The van der Waals surface area contributed by atoms with Crippen molar-refractivity contribution in [3.8, 4) is 0 Å². The lowest BCUT2D eigenvalue weighted by molar-refractivity contribution is -0.127. The Hall–Kier alpha value is -1.30. The number of nitrogens with one attached hydrogen (secondary N) is 1. The third kappa shape index (κ3) is 3.85. The van der Waals surface area contributed by atoms with Crippen LogP contribution in [0, 0.1) is 0 Å². The number of urea groups is 1. The molecule has 0 saturated carbocycles. The molecule has 3 unspecified atom stereocenters. The zero-order valence-corrected chi connectivity index (χ0v) is 12.6. The smallest absolute Gasteiger partial charge is 0.317 e. The van der Waals surface area contributed by atoms with Crippen LogP contribution in [-0.2, 0) is 9.53 Å². The Morgan fingerprint density at radius 1 is 1.40 bits per heavy atom. The Morgan fingerprint density at radius 2 is 2.05 bits per heavy atom. The summed E-state index contributed by atoms with van der Waals surface area (Å²) in [7, 11) is 0. The lowest BCUT2D eigenvalue weighted by Gasteiger charge is -2.36. The molecule has 3 amide bonds. The fraction of sp³-hybridized carbons (Fsp3) is 0.857. The quantitative estimate of drug-likeness (QED) is 0.834. The molecule has 2 aliphatic heterocycles. The van der Waals surface area contributed by atoms with Gasteiger partial charge in [0.05, 0.1) is 12.2 Å². The molecule has 0 aromatic heterocycles. The Labute approximate surface area is 120 Å². The lowest BCUT2D eigenvalue weighted by atomic mass is 10.2. The largest absolute Gasteiger partial charge is 0.372 e. The highest BCUT2D eigenvalue weighted by Crippen LogP contribution is 2.12. The molecular formula is C14H25N3O3. The van der Waals surface area contributed by atoms with E-state index in [4.69, 9.17) is 4.74 Å². The van der Waals surface area contributed by atoms with Crippen LogP contribution in [0.3, 0.4) is 0 Å². The summed E-state index contributed by atoms with van der Waals surface area (Å²) in [6.07, 6.45) is 1.71. The topological polar surface area (TPSA) is 61.9 Å². The molecule has 0 aromatic rings. The average molecular weight is 283 g/mol. The summed E-state index contributed by atoms with van der Waals surface area (Å²) < 4.78 is 5.62. The third-order valence-electron chi connectivity index (χ3n) is 3.74. The summed E-state index contributed by atoms with van der Waals surface area (Å²) in [5, 5.41) is 2.98.